The minimum Gasteiger partial charge on any atom is -0.462 e. The third kappa shape index (κ3) is 42.5. The largest absolute Gasteiger partial charge is 0.469 e. The van der Waals surface area contributed by atoms with E-state index in [9.17, 15) is 14.2 Å². The van der Waals surface area contributed by atoms with Gasteiger partial charge in [-0.1, -0.05) is 164 Å². The average molecular weight is 779 g/mol. The zero-order valence-electron chi connectivity index (χ0n) is 34.4. The number of phosphoric ester groups is 1. The molecule has 0 spiro atoms. The van der Waals surface area contributed by atoms with E-state index in [0.717, 1.165) is 57.8 Å². The molecule has 0 aromatic heterocycles. The smallest absolute Gasteiger partial charge is 0.462 e. The highest BCUT2D eigenvalue weighted by molar-refractivity contribution is 7.46. The second kappa shape index (κ2) is 40.4. The lowest BCUT2D eigenvalue weighted by Crippen LogP contribution is -2.29. The highest BCUT2D eigenvalue weighted by Crippen LogP contribution is 2.36. The summed E-state index contributed by atoms with van der Waals surface area (Å²) < 4.78 is 26.4. The number of phosphoric acid groups is 1. The van der Waals surface area contributed by atoms with Gasteiger partial charge in [-0.2, -0.15) is 0 Å². The summed E-state index contributed by atoms with van der Waals surface area (Å²) in [6.07, 6.45) is 50.9. The van der Waals surface area contributed by atoms with Crippen LogP contribution < -0.4 is 0 Å². The monoisotopic (exact) mass is 779 g/mol. The van der Waals surface area contributed by atoms with Crippen LogP contribution >= 0.6 is 7.82 Å². The predicted octanol–water partition coefficient (Wildman–Crippen LogP) is 13.3. The highest BCUT2D eigenvalue weighted by atomic mass is 31.2. The molecule has 0 radical (unpaired) electrons. The first-order chi connectivity index (χ1) is 26.3. The molecule has 0 amide bonds. The Bertz CT molecular complexity index is 1060. The number of carbonyl (C=O) groups is 2. The van der Waals surface area contributed by atoms with Gasteiger partial charge in [-0.15, -0.1) is 0 Å². The van der Waals surface area contributed by atoms with Gasteiger partial charge in [0, 0.05) is 12.8 Å². The third-order valence-corrected chi connectivity index (χ3v) is 9.51. The van der Waals surface area contributed by atoms with Crippen LogP contribution in [0, 0.1) is 0 Å². The Morgan fingerprint density at radius 2 is 0.889 bits per heavy atom. The number of hydrogen-bond acceptors (Lipinski definition) is 6. The maximum atomic E-state index is 12.4. The minimum absolute atomic E-state index is 0.200. The Kier molecular flexibility index (Phi) is 38.7. The van der Waals surface area contributed by atoms with Crippen LogP contribution in [0.3, 0.4) is 0 Å². The van der Waals surface area contributed by atoms with E-state index in [1.807, 2.05) is 0 Å². The Hall–Kier alpha value is -2.25. The fourth-order valence-electron chi connectivity index (χ4n) is 5.83. The first-order valence-electron chi connectivity index (χ1n) is 21.6. The molecular weight excluding hydrogens is 699 g/mol. The number of hydrogen-bond donors (Lipinski definition) is 2. The van der Waals surface area contributed by atoms with Gasteiger partial charge in [-0.3, -0.25) is 14.1 Å². The fourth-order valence-corrected chi connectivity index (χ4v) is 6.19. The molecule has 0 rings (SSSR count). The van der Waals surface area contributed by atoms with Crippen molar-refractivity contribution in [1.29, 1.82) is 0 Å². The molecule has 54 heavy (non-hydrogen) atoms. The van der Waals surface area contributed by atoms with Gasteiger partial charge in [0.25, 0.3) is 0 Å². The Balaban J connectivity index is 3.93. The lowest BCUT2D eigenvalue weighted by molar-refractivity contribution is -0.161. The molecular formula is C45H79O8P. The number of allylic oxidation sites excluding steroid dienone is 10. The van der Waals surface area contributed by atoms with Crippen LogP contribution in [0.2, 0.25) is 0 Å². The van der Waals surface area contributed by atoms with E-state index < -0.39 is 32.5 Å². The predicted molar refractivity (Wildman–Crippen MR) is 225 cm³/mol. The topological polar surface area (TPSA) is 119 Å². The summed E-state index contributed by atoms with van der Waals surface area (Å²) in [5.74, 6) is -0.935. The molecule has 0 aliphatic rings. The molecule has 1 atom stereocenters. The molecule has 0 saturated carbocycles. The highest BCUT2D eigenvalue weighted by Gasteiger charge is 2.22. The van der Waals surface area contributed by atoms with Crippen LogP contribution in [-0.4, -0.2) is 41.0 Å². The first kappa shape index (κ1) is 51.8. The molecule has 0 unspecified atom stereocenters. The molecule has 312 valence electrons. The van der Waals surface area contributed by atoms with E-state index in [2.05, 4.69) is 79.1 Å². The molecule has 2 N–H and O–H groups in total. The molecule has 0 saturated heterocycles. The van der Waals surface area contributed by atoms with Gasteiger partial charge in [0.05, 0.1) is 6.61 Å². The summed E-state index contributed by atoms with van der Waals surface area (Å²) in [5, 5.41) is 0. The van der Waals surface area contributed by atoms with Crippen LogP contribution in [0.1, 0.15) is 194 Å². The minimum atomic E-state index is -4.77. The van der Waals surface area contributed by atoms with Crippen molar-refractivity contribution in [3.63, 3.8) is 0 Å². The number of esters is 2. The van der Waals surface area contributed by atoms with Crippen molar-refractivity contribution in [3.05, 3.63) is 60.8 Å². The first-order valence-corrected chi connectivity index (χ1v) is 23.1. The summed E-state index contributed by atoms with van der Waals surface area (Å²) >= 11 is 0. The van der Waals surface area contributed by atoms with Crippen LogP contribution in [0.4, 0.5) is 0 Å². The third-order valence-electron chi connectivity index (χ3n) is 9.02. The Morgan fingerprint density at radius 3 is 1.39 bits per heavy atom. The summed E-state index contributed by atoms with van der Waals surface area (Å²) in [5.41, 5.74) is 0. The molecule has 0 aromatic rings. The van der Waals surface area contributed by atoms with Crippen molar-refractivity contribution >= 4 is 19.8 Å². The van der Waals surface area contributed by atoms with Crippen molar-refractivity contribution in [2.45, 2.75) is 200 Å². The zero-order valence-corrected chi connectivity index (χ0v) is 35.2. The van der Waals surface area contributed by atoms with Crippen molar-refractivity contribution in [3.8, 4) is 0 Å². The molecule has 0 fully saturated rings. The molecule has 0 heterocycles. The van der Waals surface area contributed by atoms with Gasteiger partial charge in [0.15, 0.2) is 6.10 Å². The summed E-state index contributed by atoms with van der Waals surface area (Å²) in [4.78, 5) is 42.9. The van der Waals surface area contributed by atoms with E-state index in [1.165, 1.54) is 96.3 Å². The van der Waals surface area contributed by atoms with E-state index in [-0.39, 0.29) is 19.4 Å². The number of carbonyl (C=O) groups excluding carboxylic acids is 2. The van der Waals surface area contributed by atoms with Gasteiger partial charge < -0.3 is 19.3 Å². The van der Waals surface area contributed by atoms with E-state index >= 15 is 0 Å². The molecule has 0 aromatic carbocycles. The molecule has 0 bridgehead atoms. The van der Waals surface area contributed by atoms with Crippen LogP contribution in [0.25, 0.3) is 0 Å². The number of ether oxygens (including phenoxy) is 2. The molecule has 9 heteroatoms. The van der Waals surface area contributed by atoms with E-state index in [4.69, 9.17) is 19.3 Å². The SMILES string of the molecule is CC/C=C\C/C=C\C/C=C\C/C=C\CCCCC(=O)OC[C@H](COP(=O)(O)O)OC(=O)CCCCCCCCCCCCC/C=C\CCCCCCCC. The molecule has 0 aliphatic heterocycles. The Labute approximate surface area is 330 Å². The van der Waals surface area contributed by atoms with Crippen LogP contribution in [0.5, 0.6) is 0 Å². The van der Waals surface area contributed by atoms with E-state index in [1.54, 1.807) is 0 Å². The van der Waals surface area contributed by atoms with Crippen molar-refractivity contribution in [1.82, 2.24) is 0 Å². The zero-order chi connectivity index (χ0) is 39.6. The standard InChI is InChI=1S/C45H79O8P/c1-3-5-7-9-11-13-15-17-19-20-21-22-23-24-26-28-30-32-34-36-38-40-45(47)53-43(42-52-54(48,49)50)41-51-44(46)39-37-35-33-31-29-27-25-18-16-14-12-10-8-6-4-2/h6,8,12,14,17-19,25,29,31,43H,3-5,7,9-11,13,15-16,20-24,26-28,30,32-42H2,1-2H3,(H2,48,49,50)/b8-6-,14-12-,19-17-,25-18-,31-29-/t43-/m1/s1. The maximum Gasteiger partial charge on any atom is 0.469 e. The van der Waals surface area contributed by atoms with Crippen LogP contribution in [0.15, 0.2) is 60.8 Å². The lowest BCUT2D eigenvalue weighted by atomic mass is 10.0. The molecule has 8 nitrogen and oxygen atoms in total. The normalized spacial score (nSPS) is 13.0. The summed E-state index contributed by atoms with van der Waals surface area (Å²) in [6.45, 7) is 3.54. The van der Waals surface area contributed by atoms with Crippen LogP contribution in [-0.2, 0) is 28.2 Å². The second-order valence-corrected chi connectivity index (χ2v) is 15.5. The van der Waals surface area contributed by atoms with Gasteiger partial charge >= 0.3 is 19.8 Å². The maximum absolute atomic E-state index is 12.4. The quantitative estimate of drug-likeness (QED) is 0.0274. The summed E-state index contributed by atoms with van der Waals surface area (Å²) in [6, 6.07) is 0. The van der Waals surface area contributed by atoms with Gasteiger partial charge in [0.1, 0.15) is 6.61 Å². The number of rotatable bonds is 39. The summed E-state index contributed by atoms with van der Waals surface area (Å²) in [7, 11) is -4.77. The fraction of sp³-hybridized carbons (Fsp3) is 0.733. The average Bonchev–Trinajstić information content (AvgIpc) is 3.14. The van der Waals surface area contributed by atoms with E-state index in [0.29, 0.717) is 12.8 Å². The van der Waals surface area contributed by atoms with Crippen molar-refractivity contribution < 1.29 is 37.9 Å². The van der Waals surface area contributed by atoms with Gasteiger partial charge in [-0.25, -0.2) is 4.57 Å². The molecule has 0 aliphatic carbocycles. The Morgan fingerprint density at radius 1 is 0.500 bits per heavy atom. The van der Waals surface area contributed by atoms with Gasteiger partial charge in [0.2, 0.25) is 0 Å². The number of unbranched alkanes of at least 4 members (excludes halogenated alkanes) is 19. The van der Waals surface area contributed by atoms with Crippen molar-refractivity contribution in [2.75, 3.05) is 13.2 Å². The van der Waals surface area contributed by atoms with Gasteiger partial charge in [-0.05, 0) is 77.0 Å². The van der Waals surface area contributed by atoms with Crippen molar-refractivity contribution in [2.24, 2.45) is 0 Å². The lowest BCUT2D eigenvalue weighted by Gasteiger charge is -2.18. The second-order valence-electron chi connectivity index (χ2n) is 14.3.